The molecule has 0 unspecified atom stereocenters. The number of hydrogen-bond acceptors (Lipinski definition) is 6. The van der Waals surface area contributed by atoms with Gasteiger partial charge < -0.3 is 19.5 Å². The maximum absolute atomic E-state index is 13.5. The number of benzene rings is 3. The number of ether oxygens (including phenoxy) is 3. The van der Waals surface area contributed by atoms with E-state index in [-0.39, 0.29) is 4.90 Å². The lowest BCUT2D eigenvalue weighted by Gasteiger charge is -2.24. The van der Waals surface area contributed by atoms with Crippen LogP contribution in [-0.2, 0) is 14.8 Å². The predicted molar refractivity (Wildman–Crippen MR) is 132 cm³/mol. The number of amides is 1. The molecule has 0 aromatic heterocycles. The van der Waals surface area contributed by atoms with Gasteiger partial charge in [0.15, 0.2) is 11.5 Å². The highest BCUT2D eigenvalue weighted by Gasteiger charge is 2.27. The third-order valence-corrected chi connectivity index (χ3v) is 6.83. The van der Waals surface area contributed by atoms with E-state index in [9.17, 15) is 13.2 Å². The minimum absolute atomic E-state index is 0.00435. The number of hydrogen-bond donors (Lipinski definition) is 1. The normalized spacial score (nSPS) is 10.9. The number of rotatable bonds is 10. The number of anilines is 2. The van der Waals surface area contributed by atoms with Gasteiger partial charge in [0.1, 0.15) is 12.3 Å². The number of methoxy groups -OCH3 is 2. The van der Waals surface area contributed by atoms with Crippen molar-refractivity contribution in [3.05, 3.63) is 71.8 Å². The Hall–Kier alpha value is -3.43. The largest absolute Gasteiger partial charge is 0.494 e. The summed E-state index contributed by atoms with van der Waals surface area (Å²) in [4.78, 5) is 12.9. The number of nitrogens with one attached hydrogen (secondary N) is 1. The lowest BCUT2D eigenvalue weighted by atomic mass is 10.2. The summed E-state index contributed by atoms with van der Waals surface area (Å²) in [7, 11) is -1.09. The van der Waals surface area contributed by atoms with Crippen LogP contribution >= 0.6 is 11.6 Å². The number of carbonyl (C=O) groups is 1. The minimum atomic E-state index is -4.08. The molecule has 0 spiro atoms. The molecule has 3 aromatic rings. The maximum Gasteiger partial charge on any atom is 0.264 e. The SMILES string of the molecule is CCOc1ccc(N(CC(=O)Nc2ccc(OC)c(OC)c2)S(=O)(=O)c2ccc(Cl)cc2)cc1. The van der Waals surface area contributed by atoms with Crippen LogP contribution in [0.3, 0.4) is 0 Å². The first-order valence-corrected chi connectivity index (χ1v) is 12.1. The Morgan fingerprint density at radius 1 is 0.941 bits per heavy atom. The first kappa shape index (κ1) is 25.2. The molecule has 0 aliphatic carbocycles. The van der Waals surface area contributed by atoms with Gasteiger partial charge in [-0.25, -0.2) is 8.42 Å². The van der Waals surface area contributed by atoms with Gasteiger partial charge in [0.05, 0.1) is 31.4 Å². The van der Waals surface area contributed by atoms with Crippen LogP contribution in [0.1, 0.15) is 6.92 Å². The van der Waals surface area contributed by atoms with Gasteiger partial charge in [-0.1, -0.05) is 11.6 Å². The van der Waals surface area contributed by atoms with Crippen molar-refractivity contribution in [2.45, 2.75) is 11.8 Å². The molecule has 0 saturated carbocycles. The minimum Gasteiger partial charge on any atom is -0.494 e. The van der Waals surface area contributed by atoms with Crippen molar-refractivity contribution in [1.29, 1.82) is 0 Å². The van der Waals surface area contributed by atoms with Crippen molar-refractivity contribution in [1.82, 2.24) is 0 Å². The molecule has 3 aromatic carbocycles. The van der Waals surface area contributed by atoms with Gasteiger partial charge in [-0.15, -0.1) is 0 Å². The molecule has 10 heteroatoms. The molecule has 0 radical (unpaired) electrons. The summed E-state index contributed by atoms with van der Waals surface area (Å²) in [6.07, 6.45) is 0. The Balaban J connectivity index is 1.92. The smallest absolute Gasteiger partial charge is 0.264 e. The molecule has 0 aliphatic heterocycles. The third-order valence-electron chi connectivity index (χ3n) is 4.79. The fraction of sp³-hybridized carbons (Fsp3) is 0.208. The lowest BCUT2D eigenvalue weighted by molar-refractivity contribution is -0.114. The molecule has 180 valence electrons. The fourth-order valence-corrected chi connectivity index (χ4v) is 4.72. The summed E-state index contributed by atoms with van der Waals surface area (Å²) in [5, 5.41) is 3.11. The van der Waals surface area contributed by atoms with E-state index in [1.165, 1.54) is 38.5 Å². The van der Waals surface area contributed by atoms with Crippen LogP contribution in [0.4, 0.5) is 11.4 Å². The molecular formula is C24H25ClN2O6S. The zero-order valence-electron chi connectivity index (χ0n) is 18.9. The predicted octanol–water partition coefficient (Wildman–Crippen LogP) is 4.59. The van der Waals surface area contributed by atoms with Gasteiger partial charge in [-0.3, -0.25) is 9.10 Å². The number of nitrogens with zero attached hydrogens (tertiary/aromatic N) is 1. The number of carbonyl (C=O) groups excluding carboxylic acids is 1. The van der Waals surface area contributed by atoms with Crippen molar-refractivity contribution in [2.24, 2.45) is 0 Å². The van der Waals surface area contributed by atoms with Gasteiger partial charge in [0, 0.05) is 16.8 Å². The second-order valence-corrected chi connectivity index (χ2v) is 9.31. The van der Waals surface area contributed by atoms with E-state index < -0.39 is 22.5 Å². The Morgan fingerprint density at radius 3 is 2.18 bits per heavy atom. The monoisotopic (exact) mass is 504 g/mol. The van der Waals surface area contributed by atoms with Crippen LogP contribution < -0.4 is 23.8 Å². The van der Waals surface area contributed by atoms with E-state index in [1.54, 1.807) is 42.5 Å². The summed E-state index contributed by atoms with van der Waals surface area (Å²) in [6.45, 7) is 1.86. The van der Waals surface area contributed by atoms with E-state index in [1.807, 2.05) is 6.92 Å². The van der Waals surface area contributed by atoms with E-state index in [0.29, 0.717) is 40.3 Å². The van der Waals surface area contributed by atoms with E-state index >= 15 is 0 Å². The highest BCUT2D eigenvalue weighted by Crippen LogP contribution is 2.30. The third kappa shape index (κ3) is 5.92. The van der Waals surface area contributed by atoms with Gasteiger partial charge in [0.2, 0.25) is 5.91 Å². The number of halogens is 1. The molecule has 1 amide bonds. The van der Waals surface area contributed by atoms with Gasteiger partial charge in [-0.05, 0) is 67.6 Å². The zero-order valence-corrected chi connectivity index (χ0v) is 20.5. The molecule has 34 heavy (non-hydrogen) atoms. The van der Waals surface area contributed by atoms with E-state index in [4.69, 9.17) is 25.8 Å². The summed E-state index contributed by atoms with van der Waals surface area (Å²) in [5.41, 5.74) is 0.735. The Bertz CT molecular complexity index is 1230. The molecule has 0 heterocycles. The quantitative estimate of drug-likeness (QED) is 0.434. The van der Waals surface area contributed by atoms with Crippen LogP contribution in [0.15, 0.2) is 71.6 Å². The molecule has 0 bridgehead atoms. The average molecular weight is 505 g/mol. The fourth-order valence-electron chi connectivity index (χ4n) is 3.17. The van der Waals surface area contributed by atoms with Crippen LogP contribution in [0.2, 0.25) is 5.02 Å². The molecule has 1 N–H and O–H groups in total. The Morgan fingerprint density at radius 2 is 1.59 bits per heavy atom. The van der Waals surface area contributed by atoms with Crippen molar-refractivity contribution < 1.29 is 27.4 Å². The van der Waals surface area contributed by atoms with E-state index in [0.717, 1.165) is 4.31 Å². The summed E-state index contributed by atoms with van der Waals surface area (Å²) >= 11 is 5.92. The summed E-state index contributed by atoms with van der Waals surface area (Å²) < 4.78 is 43.9. The highest BCUT2D eigenvalue weighted by molar-refractivity contribution is 7.92. The molecular weight excluding hydrogens is 480 g/mol. The second-order valence-electron chi connectivity index (χ2n) is 7.01. The molecule has 0 fully saturated rings. The number of sulfonamides is 1. The first-order valence-electron chi connectivity index (χ1n) is 10.3. The van der Waals surface area contributed by atoms with Crippen LogP contribution in [0.25, 0.3) is 0 Å². The Labute approximate surface area is 204 Å². The van der Waals surface area contributed by atoms with Gasteiger partial charge >= 0.3 is 0 Å². The van der Waals surface area contributed by atoms with Crippen LogP contribution in [-0.4, -0.2) is 41.7 Å². The van der Waals surface area contributed by atoms with Crippen molar-refractivity contribution in [2.75, 3.05) is 37.0 Å². The average Bonchev–Trinajstić information content (AvgIpc) is 2.83. The maximum atomic E-state index is 13.5. The topological polar surface area (TPSA) is 94.2 Å². The molecule has 3 rings (SSSR count). The zero-order chi connectivity index (χ0) is 24.7. The first-order chi connectivity index (χ1) is 16.3. The standard InChI is InChI=1S/C24H25ClN2O6S/c1-4-33-20-10-8-19(9-11-20)27(34(29,30)21-12-5-17(25)6-13-21)16-24(28)26-18-7-14-22(31-2)23(15-18)32-3/h5-15H,4,16H2,1-3H3,(H,26,28). The Kier molecular flexibility index (Phi) is 8.25. The lowest BCUT2D eigenvalue weighted by Crippen LogP contribution is -2.38. The van der Waals surface area contributed by atoms with Gasteiger partial charge in [-0.2, -0.15) is 0 Å². The summed E-state index contributed by atoms with van der Waals surface area (Å²) in [5.74, 6) is 0.975. The second kappa shape index (κ2) is 11.1. The van der Waals surface area contributed by atoms with Gasteiger partial charge in [0.25, 0.3) is 10.0 Å². The summed E-state index contributed by atoms with van der Waals surface area (Å²) in [6, 6.07) is 17.1. The molecule has 8 nitrogen and oxygen atoms in total. The molecule has 0 atom stereocenters. The molecule has 0 saturated heterocycles. The van der Waals surface area contributed by atoms with Crippen molar-refractivity contribution >= 4 is 38.9 Å². The molecule has 0 aliphatic rings. The highest BCUT2D eigenvalue weighted by atomic mass is 35.5. The van der Waals surface area contributed by atoms with Crippen LogP contribution in [0.5, 0.6) is 17.2 Å². The van der Waals surface area contributed by atoms with Crippen molar-refractivity contribution in [3.8, 4) is 17.2 Å². The van der Waals surface area contributed by atoms with Crippen LogP contribution in [0, 0.1) is 0 Å². The van der Waals surface area contributed by atoms with E-state index in [2.05, 4.69) is 5.32 Å². The van der Waals surface area contributed by atoms with Crippen molar-refractivity contribution in [3.63, 3.8) is 0 Å².